The Labute approximate surface area is 192 Å². The Bertz CT molecular complexity index is 1000. The van der Waals surface area contributed by atoms with E-state index in [1.54, 1.807) is 30.3 Å². The van der Waals surface area contributed by atoms with Gasteiger partial charge < -0.3 is 18.9 Å². The minimum atomic E-state index is -4.03. The molecule has 12 nitrogen and oxygen atoms in total. The van der Waals surface area contributed by atoms with Crippen molar-refractivity contribution in [3.8, 4) is 0 Å². The summed E-state index contributed by atoms with van der Waals surface area (Å²) in [4.78, 5) is 23.4. The number of carbonyl (C=O) groups is 2. The average molecular weight is 511 g/mol. The SMILES string of the molecule is CC(=O)O[C@H]1OC(COS(C)(=O)=O)(COS(C)(=O)=O)C(OCc2ccccc2)[C@@H]1OC(C)=O. The lowest BCUT2D eigenvalue weighted by Gasteiger charge is -2.33. The third-order valence-corrected chi connectivity index (χ3v) is 5.42. The molecule has 0 amide bonds. The maximum Gasteiger partial charge on any atom is 0.305 e. The molecule has 0 spiro atoms. The molecule has 1 aliphatic heterocycles. The van der Waals surface area contributed by atoms with E-state index >= 15 is 0 Å². The molecule has 14 heteroatoms. The van der Waals surface area contributed by atoms with E-state index in [-0.39, 0.29) is 6.61 Å². The first-order chi connectivity index (χ1) is 15.2. The molecule has 2 rings (SSSR count). The van der Waals surface area contributed by atoms with Gasteiger partial charge >= 0.3 is 11.9 Å². The lowest BCUT2D eigenvalue weighted by atomic mass is 9.96. The predicted octanol–water partition coefficient (Wildman–Crippen LogP) is 0.114. The maximum atomic E-state index is 11.8. The molecule has 186 valence electrons. The van der Waals surface area contributed by atoms with E-state index in [0.717, 1.165) is 26.4 Å². The number of esters is 2. The molecule has 1 fully saturated rings. The Kier molecular flexibility index (Phi) is 8.95. The van der Waals surface area contributed by atoms with Gasteiger partial charge in [0.05, 0.1) is 19.1 Å². The predicted molar refractivity (Wildman–Crippen MR) is 112 cm³/mol. The number of rotatable bonds is 11. The standard InChI is InChI=1S/C19H26O12S2/c1-13(20)29-16-17(26-10-15-8-6-5-7-9-15)19(11-27-32(3,22)23,12-28-33(4,24)25)31-18(16)30-14(2)21/h5-9,16-18H,10-12H2,1-4H3/t16-,17?,18-/m0/s1. The van der Waals surface area contributed by atoms with E-state index < -0.39 is 69.5 Å². The van der Waals surface area contributed by atoms with Gasteiger partial charge in [-0.3, -0.25) is 18.0 Å². The van der Waals surface area contributed by atoms with Crippen LogP contribution in [-0.4, -0.2) is 78.6 Å². The van der Waals surface area contributed by atoms with Crippen LogP contribution in [0.15, 0.2) is 30.3 Å². The van der Waals surface area contributed by atoms with Gasteiger partial charge in [0.2, 0.25) is 6.29 Å². The maximum absolute atomic E-state index is 11.8. The highest BCUT2D eigenvalue weighted by Crippen LogP contribution is 2.38. The van der Waals surface area contributed by atoms with Crippen molar-refractivity contribution in [1.82, 2.24) is 0 Å². The minimum absolute atomic E-state index is 0.0705. The van der Waals surface area contributed by atoms with Crippen LogP contribution in [0.2, 0.25) is 0 Å². The smallest absolute Gasteiger partial charge is 0.305 e. The summed E-state index contributed by atoms with van der Waals surface area (Å²) in [5.74, 6) is -1.58. The van der Waals surface area contributed by atoms with Gasteiger partial charge in [-0.2, -0.15) is 16.8 Å². The third-order valence-electron chi connectivity index (χ3n) is 4.33. The molecule has 33 heavy (non-hydrogen) atoms. The third kappa shape index (κ3) is 8.64. The molecule has 1 aromatic rings. The second-order valence-corrected chi connectivity index (χ2v) is 10.7. The van der Waals surface area contributed by atoms with Gasteiger partial charge in [-0.1, -0.05) is 30.3 Å². The first-order valence-electron chi connectivity index (χ1n) is 9.57. The van der Waals surface area contributed by atoms with Crippen molar-refractivity contribution in [2.24, 2.45) is 0 Å². The van der Waals surface area contributed by atoms with E-state index in [1.165, 1.54) is 0 Å². The fourth-order valence-electron chi connectivity index (χ4n) is 3.07. The molecule has 0 N–H and O–H groups in total. The molecule has 1 unspecified atom stereocenters. The van der Waals surface area contributed by atoms with Crippen LogP contribution in [0.1, 0.15) is 19.4 Å². The Hall–Kier alpha value is -2.10. The summed E-state index contributed by atoms with van der Waals surface area (Å²) in [6, 6.07) is 8.76. The van der Waals surface area contributed by atoms with Crippen molar-refractivity contribution in [3.05, 3.63) is 35.9 Å². The molecule has 0 aromatic heterocycles. The van der Waals surface area contributed by atoms with Crippen molar-refractivity contribution in [2.75, 3.05) is 25.7 Å². The number of carbonyl (C=O) groups excluding carboxylic acids is 2. The van der Waals surface area contributed by atoms with Crippen LogP contribution >= 0.6 is 0 Å². The normalized spacial score (nSPS) is 22.6. The Morgan fingerprint density at radius 3 is 1.88 bits per heavy atom. The molecular weight excluding hydrogens is 484 g/mol. The van der Waals surface area contributed by atoms with Crippen molar-refractivity contribution in [1.29, 1.82) is 0 Å². The van der Waals surface area contributed by atoms with Crippen LogP contribution in [0.5, 0.6) is 0 Å². The zero-order valence-corrected chi connectivity index (χ0v) is 20.1. The van der Waals surface area contributed by atoms with Gasteiger partial charge in [0.15, 0.2) is 11.7 Å². The molecule has 3 atom stereocenters. The van der Waals surface area contributed by atoms with Gasteiger partial charge in [-0.05, 0) is 5.56 Å². The van der Waals surface area contributed by atoms with Gasteiger partial charge in [-0.15, -0.1) is 0 Å². The summed E-state index contributed by atoms with van der Waals surface area (Å²) in [5, 5.41) is 0. The highest BCUT2D eigenvalue weighted by molar-refractivity contribution is 7.86. The number of hydrogen-bond donors (Lipinski definition) is 0. The van der Waals surface area contributed by atoms with Crippen molar-refractivity contribution in [3.63, 3.8) is 0 Å². The Morgan fingerprint density at radius 2 is 1.42 bits per heavy atom. The summed E-state index contributed by atoms with van der Waals surface area (Å²) in [5.41, 5.74) is -1.27. The number of benzene rings is 1. The highest BCUT2D eigenvalue weighted by atomic mass is 32.2. The van der Waals surface area contributed by atoms with Crippen LogP contribution in [0.4, 0.5) is 0 Å². The lowest BCUT2D eigenvalue weighted by molar-refractivity contribution is -0.211. The molecule has 1 aliphatic rings. The summed E-state index contributed by atoms with van der Waals surface area (Å²) < 4.78 is 78.5. The second-order valence-electron chi connectivity index (χ2n) is 7.38. The van der Waals surface area contributed by atoms with Crippen LogP contribution < -0.4 is 0 Å². The Balaban J connectivity index is 2.50. The first-order valence-corrected chi connectivity index (χ1v) is 13.2. The molecule has 1 saturated heterocycles. The zero-order chi connectivity index (χ0) is 24.9. The second kappa shape index (κ2) is 10.9. The largest absolute Gasteiger partial charge is 0.453 e. The molecular formula is C19H26O12S2. The van der Waals surface area contributed by atoms with Gasteiger partial charge in [0.1, 0.15) is 19.3 Å². The van der Waals surface area contributed by atoms with E-state index in [2.05, 4.69) is 0 Å². The van der Waals surface area contributed by atoms with Gasteiger partial charge in [-0.25, -0.2) is 0 Å². The van der Waals surface area contributed by atoms with Crippen molar-refractivity contribution in [2.45, 2.75) is 44.6 Å². The van der Waals surface area contributed by atoms with E-state index in [9.17, 15) is 26.4 Å². The topological polar surface area (TPSA) is 158 Å². The monoisotopic (exact) mass is 510 g/mol. The van der Waals surface area contributed by atoms with Crippen LogP contribution in [0, 0.1) is 0 Å². The van der Waals surface area contributed by atoms with Crippen LogP contribution in [-0.2, 0) is 63.7 Å². The quantitative estimate of drug-likeness (QED) is 0.293. The molecule has 0 radical (unpaired) electrons. The van der Waals surface area contributed by atoms with Gasteiger partial charge in [0.25, 0.3) is 20.2 Å². The molecule has 0 aliphatic carbocycles. The Morgan fingerprint density at radius 1 is 0.909 bits per heavy atom. The summed E-state index contributed by atoms with van der Waals surface area (Å²) >= 11 is 0. The van der Waals surface area contributed by atoms with Crippen molar-refractivity contribution < 1.29 is 53.7 Å². The van der Waals surface area contributed by atoms with E-state index in [1.807, 2.05) is 0 Å². The fourth-order valence-corrected chi connectivity index (χ4v) is 3.89. The molecule has 1 heterocycles. The highest BCUT2D eigenvalue weighted by Gasteiger charge is 2.60. The van der Waals surface area contributed by atoms with Crippen molar-refractivity contribution >= 4 is 32.2 Å². The number of hydrogen-bond acceptors (Lipinski definition) is 12. The van der Waals surface area contributed by atoms with E-state index in [0.29, 0.717) is 5.56 Å². The lowest BCUT2D eigenvalue weighted by Crippen LogP contribution is -2.53. The molecule has 0 bridgehead atoms. The molecule has 0 saturated carbocycles. The molecule has 1 aromatic carbocycles. The van der Waals surface area contributed by atoms with E-state index in [4.69, 9.17) is 27.3 Å². The zero-order valence-electron chi connectivity index (χ0n) is 18.5. The van der Waals surface area contributed by atoms with Crippen LogP contribution in [0.3, 0.4) is 0 Å². The summed E-state index contributed by atoms with van der Waals surface area (Å²) in [7, 11) is -8.06. The fraction of sp³-hybridized carbons (Fsp3) is 0.579. The summed E-state index contributed by atoms with van der Waals surface area (Å²) in [6.45, 7) is 0.540. The minimum Gasteiger partial charge on any atom is -0.453 e. The number of ether oxygens (including phenoxy) is 4. The van der Waals surface area contributed by atoms with Gasteiger partial charge in [0, 0.05) is 13.8 Å². The first kappa shape index (κ1) is 27.1. The summed E-state index contributed by atoms with van der Waals surface area (Å²) in [6.07, 6.45) is -2.74. The van der Waals surface area contributed by atoms with Crippen LogP contribution in [0.25, 0.3) is 0 Å². The average Bonchev–Trinajstić information content (AvgIpc) is 2.95.